The highest BCUT2D eigenvalue weighted by molar-refractivity contribution is 5.96. The summed E-state index contributed by atoms with van der Waals surface area (Å²) in [6.45, 7) is 2.66. The molecule has 7 aromatic rings. The van der Waals surface area contributed by atoms with Crippen molar-refractivity contribution in [2.45, 2.75) is 13.5 Å². The van der Waals surface area contributed by atoms with Gasteiger partial charge in [0.05, 0.1) is 34.2 Å². The summed E-state index contributed by atoms with van der Waals surface area (Å²) in [6.07, 6.45) is 0. The van der Waals surface area contributed by atoms with Gasteiger partial charge in [-0.3, -0.25) is 0 Å². The molecular weight excluding hydrogens is 534 g/mol. The molecule has 0 aliphatic rings. The van der Waals surface area contributed by atoms with Gasteiger partial charge in [0.2, 0.25) is 5.95 Å². The number of aromatic carboxylic acids is 1. The highest BCUT2D eigenvalue weighted by Crippen LogP contribution is 2.33. The topological polar surface area (TPSA) is 85.0 Å². The Morgan fingerprint density at radius 3 is 2.28 bits per heavy atom. The monoisotopic (exact) mass is 563 g/mol. The molecule has 0 aliphatic carbocycles. The summed E-state index contributed by atoms with van der Waals surface area (Å²) in [5, 5.41) is 13.2. The van der Waals surface area contributed by atoms with Gasteiger partial charge in [-0.15, -0.1) is 0 Å². The molecule has 0 spiro atoms. The van der Waals surface area contributed by atoms with Crippen molar-refractivity contribution in [1.82, 2.24) is 19.1 Å². The van der Waals surface area contributed by atoms with Crippen LogP contribution >= 0.6 is 0 Å². The number of carboxylic acid groups (broad SMARTS) is 1. The molecule has 2 aromatic heterocycles. The fourth-order valence-corrected chi connectivity index (χ4v) is 5.73. The number of imidazole rings is 2. The number of benzene rings is 5. The minimum Gasteiger partial charge on any atom is -0.478 e. The van der Waals surface area contributed by atoms with Gasteiger partial charge in [0.1, 0.15) is 5.82 Å². The molecule has 0 aliphatic heterocycles. The molecule has 0 unspecified atom stereocenters. The summed E-state index contributed by atoms with van der Waals surface area (Å²) in [5.41, 5.74) is 9.92. The van der Waals surface area contributed by atoms with Crippen LogP contribution in [-0.2, 0) is 13.6 Å². The van der Waals surface area contributed by atoms with Gasteiger partial charge in [0.15, 0.2) is 0 Å². The van der Waals surface area contributed by atoms with Crippen LogP contribution in [0.5, 0.6) is 0 Å². The van der Waals surface area contributed by atoms with Crippen molar-refractivity contribution in [3.8, 4) is 22.5 Å². The second-order valence-corrected chi connectivity index (χ2v) is 10.7. The number of aromatic nitrogens is 4. The Balaban J connectivity index is 1.33. The van der Waals surface area contributed by atoms with Crippen LogP contribution < -0.4 is 5.32 Å². The Morgan fingerprint density at radius 1 is 0.791 bits per heavy atom. The maximum Gasteiger partial charge on any atom is 0.336 e. The fourth-order valence-electron chi connectivity index (χ4n) is 5.73. The van der Waals surface area contributed by atoms with Gasteiger partial charge in [-0.1, -0.05) is 72.8 Å². The lowest BCUT2D eigenvalue weighted by atomic mass is 9.99. The Kier molecular flexibility index (Phi) is 6.47. The van der Waals surface area contributed by atoms with Crippen molar-refractivity contribution in [1.29, 1.82) is 0 Å². The van der Waals surface area contributed by atoms with E-state index in [1.165, 1.54) is 0 Å². The van der Waals surface area contributed by atoms with Crippen LogP contribution in [0.15, 0.2) is 115 Å². The molecule has 5 aromatic carbocycles. The summed E-state index contributed by atoms with van der Waals surface area (Å²) in [4.78, 5) is 21.8. The number of nitrogens with one attached hydrogen (secondary N) is 1. The molecule has 210 valence electrons. The second-order valence-electron chi connectivity index (χ2n) is 10.7. The van der Waals surface area contributed by atoms with Gasteiger partial charge in [-0.2, -0.15) is 0 Å². The SMILES string of the molecule is Cc1cc(-c2nc3ccccc3n2C)cc2c1nc(Nc1ccccc1)n2Cc1ccc(-c2ccccc2C(=O)O)cc1. The van der Waals surface area contributed by atoms with Crippen LogP contribution in [0.2, 0.25) is 0 Å². The van der Waals surface area contributed by atoms with Crippen molar-refractivity contribution < 1.29 is 9.90 Å². The Hall–Kier alpha value is -5.69. The van der Waals surface area contributed by atoms with Gasteiger partial charge < -0.3 is 19.6 Å². The van der Waals surface area contributed by atoms with E-state index in [1.54, 1.807) is 12.1 Å². The van der Waals surface area contributed by atoms with E-state index in [0.717, 1.165) is 61.8 Å². The predicted octanol–water partition coefficient (Wildman–Crippen LogP) is 8.06. The van der Waals surface area contributed by atoms with Crippen LogP contribution in [0, 0.1) is 6.92 Å². The summed E-state index contributed by atoms with van der Waals surface area (Å²) in [6, 6.07) is 37.7. The first-order valence-electron chi connectivity index (χ1n) is 14.1. The number of para-hydroxylation sites is 3. The molecule has 0 atom stereocenters. The van der Waals surface area contributed by atoms with Crippen molar-refractivity contribution in [2.24, 2.45) is 7.05 Å². The summed E-state index contributed by atoms with van der Waals surface area (Å²) in [5.74, 6) is 0.706. The van der Waals surface area contributed by atoms with Crippen molar-refractivity contribution >= 4 is 39.7 Å². The lowest BCUT2D eigenvalue weighted by molar-refractivity contribution is 0.0697. The quantitative estimate of drug-likeness (QED) is 0.205. The van der Waals surface area contributed by atoms with Gasteiger partial charge in [0, 0.05) is 18.3 Å². The molecule has 7 nitrogen and oxygen atoms in total. The summed E-state index contributed by atoms with van der Waals surface area (Å²) in [7, 11) is 2.05. The largest absolute Gasteiger partial charge is 0.478 e. The smallest absolute Gasteiger partial charge is 0.336 e. The third-order valence-corrected chi connectivity index (χ3v) is 7.88. The zero-order valence-electron chi connectivity index (χ0n) is 23.8. The van der Waals surface area contributed by atoms with Crippen LogP contribution in [0.25, 0.3) is 44.6 Å². The number of fused-ring (bicyclic) bond motifs is 2. The summed E-state index contributed by atoms with van der Waals surface area (Å²) < 4.78 is 4.33. The molecule has 0 amide bonds. The second kappa shape index (κ2) is 10.6. The number of hydrogen-bond donors (Lipinski definition) is 2. The van der Waals surface area contributed by atoms with E-state index in [-0.39, 0.29) is 5.56 Å². The van der Waals surface area contributed by atoms with Gasteiger partial charge in [-0.05, 0) is 71.6 Å². The molecule has 0 fully saturated rings. The van der Waals surface area contributed by atoms with E-state index in [9.17, 15) is 9.90 Å². The first-order valence-corrected chi connectivity index (χ1v) is 14.1. The van der Waals surface area contributed by atoms with E-state index in [0.29, 0.717) is 12.1 Å². The van der Waals surface area contributed by atoms with Crippen molar-refractivity contribution in [3.63, 3.8) is 0 Å². The van der Waals surface area contributed by atoms with Crippen LogP contribution in [0.4, 0.5) is 11.6 Å². The molecule has 7 heteroatoms. The number of hydrogen-bond acceptors (Lipinski definition) is 4. The first-order chi connectivity index (χ1) is 21.0. The zero-order valence-corrected chi connectivity index (χ0v) is 23.8. The van der Waals surface area contributed by atoms with Gasteiger partial charge in [0.25, 0.3) is 0 Å². The normalized spacial score (nSPS) is 11.3. The molecule has 0 saturated heterocycles. The lowest BCUT2D eigenvalue weighted by Crippen LogP contribution is -2.05. The number of carbonyl (C=O) groups is 1. The Bertz CT molecular complexity index is 2130. The third-order valence-electron chi connectivity index (χ3n) is 7.88. The molecule has 43 heavy (non-hydrogen) atoms. The maximum atomic E-state index is 11.8. The molecular formula is C36H29N5O2. The molecule has 7 rings (SSSR count). The Morgan fingerprint density at radius 2 is 1.51 bits per heavy atom. The Labute approximate surface area is 248 Å². The van der Waals surface area contributed by atoms with E-state index >= 15 is 0 Å². The number of carboxylic acids is 1. The number of nitrogens with zero attached hydrogens (tertiary/aromatic N) is 4. The molecule has 0 radical (unpaired) electrons. The van der Waals surface area contributed by atoms with Crippen LogP contribution in [0.3, 0.4) is 0 Å². The molecule has 2 heterocycles. The third kappa shape index (κ3) is 4.81. The summed E-state index contributed by atoms with van der Waals surface area (Å²) >= 11 is 0. The van der Waals surface area contributed by atoms with E-state index in [2.05, 4.69) is 39.6 Å². The average Bonchev–Trinajstić information content (AvgIpc) is 3.55. The average molecular weight is 564 g/mol. The number of aryl methyl sites for hydroxylation is 2. The zero-order chi connectivity index (χ0) is 29.5. The van der Waals surface area contributed by atoms with E-state index in [1.807, 2.05) is 92.0 Å². The van der Waals surface area contributed by atoms with Crippen LogP contribution in [-0.4, -0.2) is 30.2 Å². The molecule has 0 saturated carbocycles. The van der Waals surface area contributed by atoms with Crippen molar-refractivity contribution in [3.05, 3.63) is 132 Å². The standard InChI is InChI=1S/C36H29N5O2/c1-23-20-26(34-38-30-14-8-9-15-31(30)40(34)2)21-32-33(23)39-36(37-27-10-4-3-5-11-27)41(32)22-24-16-18-25(19-17-24)28-12-6-7-13-29(28)35(42)43/h3-21H,22H2,1-2H3,(H,37,39)(H,42,43). The lowest BCUT2D eigenvalue weighted by Gasteiger charge is -2.13. The minimum absolute atomic E-state index is 0.287. The van der Waals surface area contributed by atoms with Crippen LogP contribution in [0.1, 0.15) is 21.5 Å². The highest BCUT2D eigenvalue weighted by atomic mass is 16.4. The number of rotatable bonds is 7. The van der Waals surface area contributed by atoms with Gasteiger partial charge >= 0.3 is 5.97 Å². The first kappa shape index (κ1) is 26.2. The highest BCUT2D eigenvalue weighted by Gasteiger charge is 2.18. The minimum atomic E-state index is -0.937. The molecule has 2 N–H and O–H groups in total. The molecule has 0 bridgehead atoms. The maximum absolute atomic E-state index is 11.8. The number of anilines is 2. The van der Waals surface area contributed by atoms with Gasteiger partial charge in [-0.25, -0.2) is 14.8 Å². The fraction of sp³-hybridized carbons (Fsp3) is 0.0833. The van der Waals surface area contributed by atoms with Crippen molar-refractivity contribution in [2.75, 3.05) is 5.32 Å². The van der Waals surface area contributed by atoms with E-state index in [4.69, 9.17) is 9.97 Å². The predicted molar refractivity (Wildman–Crippen MR) is 172 cm³/mol. The van der Waals surface area contributed by atoms with E-state index < -0.39 is 5.97 Å².